The zero-order valence-electron chi connectivity index (χ0n) is 9.58. The van der Waals surface area contributed by atoms with Gasteiger partial charge in [-0.05, 0) is 19.8 Å². The van der Waals surface area contributed by atoms with Crippen molar-refractivity contribution in [3.8, 4) is 0 Å². The number of aromatic nitrogens is 2. The minimum atomic E-state index is 0.158. The molecule has 2 heterocycles. The third-order valence-electron chi connectivity index (χ3n) is 3.11. The summed E-state index contributed by atoms with van der Waals surface area (Å²) in [5, 5.41) is 4.41. The van der Waals surface area contributed by atoms with E-state index in [1.165, 1.54) is 11.3 Å². The van der Waals surface area contributed by atoms with Gasteiger partial charge in [0.25, 0.3) is 0 Å². The molecule has 0 atom stereocenters. The van der Waals surface area contributed by atoms with Crippen LogP contribution in [0.3, 0.4) is 0 Å². The highest BCUT2D eigenvalue weighted by molar-refractivity contribution is 5.73. The molecule has 0 saturated carbocycles. The number of carbonyl (C=O) groups excluding carboxylic acids is 1. The lowest BCUT2D eigenvalue weighted by atomic mass is 10.1. The number of fused-ring (bicyclic) bond motifs is 1. The quantitative estimate of drug-likeness (QED) is 0.637. The molecule has 0 fully saturated rings. The lowest BCUT2D eigenvalue weighted by Crippen LogP contribution is -2.28. The van der Waals surface area contributed by atoms with Crippen LogP contribution in [0, 0.1) is 6.92 Å². The Labute approximate surface area is 89.9 Å². The Morgan fingerprint density at radius 3 is 2.87 bits per heavy atom. The van der Waals surface area contributed by atoms with E-state index in [1.54, 1.807) is 6.92 Å². The lowest BCUT2D eigenvalue weighted by molar-refractivity contribution is -0.129. The lowest BCUT2D eigenvalue weighted by Gasteiger charge is -2.18. The Kier molecular flexibility index (Phi) is 2.50. The van der Waals surface area contributed by atoms with Crippen molar-refractivity contribution in [1.29, 1.82) is 0 Å². The molecule has 0 spiro atoms. The van der Waals surface area contributed by atoms with Crippen LogP contribution in [0.25, 0.3) is 0 Å². The number of nitrogens with zero attached hydrogens (tertiary/aromatic N) is 3. The maximum Gasteiger partial charge on any atom is 0.219 e. The van der Waals surface area contributed by atoms with Crippen LogP contribution in [-0.4, -0.2) is 27.1 Å². The van der Waals surface area contributed by atoms with Crippen molar-refractivity contribution in [2.24, 2.45) is 7.05 Å². The Morgan fingerprint density at radius 2 is 2.20 bits per heavy atom. The summed E-state index contributed by atoms with van der Waals surface area (Å²) in [6.07, 6.45) is 2.06. The first-order chi connectivity index (χ1) is 7.09. The summed E-state index contributed by atoms with van der Waals surface area (Å²) in [4.78, 5) is 13.3. The van der Waals surface area contributed by atoms with Gasteiger partial charge in [-0.15, -0.1) is 0 Å². The van der Waals surface area contributed by atoms with Gasteiger partial charge in [-0.25, -0.2) is 0 Å². The van der Waals surface area contributed by atoms with Gasteiger partial charge in [0.1, 0.15) is 0 Å². The summed E-state index contributed by atoms with van der Waals surface area (Å²) in [5.41, 5.74) is 3.59. The Hall–Kier alpha value is -1.32. The second kappa shape index (κ2) is 3.68. The van der Waals surface area contributed by atoms with Gasteiger partial charge in [0.15, 0.2) is 0 Å². The molecule has 0 N–H and O–H groups in total. The van der Waals surface area contributed by atoms with Crippen LogP contribution >= 0.6 is 0 Å². The fraction of sp³-hybridized carbons (Fsp3) is 0.636. The van der Waals surface area contributed by atoms with E-state index in [4.69, 9.17) is 0 Å². The summed E-state index contributed by atoms with van der Waals surface area (Å²) >= 11 is 0. The normalized spacial score (nSPS) is 16.1. The number of hydrogen-bond acceptors (Lipinski definition) is 2. The fourth-order valence-corrected chi connectivity index (χ4v) is 2.24. The summed E-state index contributed by atoms with van der Waals surface area (Å²) in [5.74, 6) is 0.158. The average Bonchev–Trinajstić information content (AvgIpc) is 2.41. The van der Waals surface area contributed by atoms with Crippen LogP contribution in [0.1, 0.15) is 30.3 Å². The fourth-order valence-electron chi connectivity index (χ4n) is 2.24. The summed E-state index contributed by atoms with van der Waals surface area (Å²) in [6, 6.07) is 0. The molecule has 4 nitrogen and oxygen atoms in total. The summed E-state index contributed by atoms with van der Waals surface area (Å²) in [6.45, 7) is 5.24. The van der Waals surface area contributed by atoms with E-state index in [0.717, 1.165) is 31.6 Å². The molecule has 82 valence electrons. The van der Waals surface area contributed by atoms with E-state index in [2.05, 4.69) is 5.10 Å². The van der Waals surface area contributed by atoms with Crippen LogP contribution in [0.4, 0.5) is 0 Å². The summed E-state index contributed by atoms with van der Waals surface area (Å²) in [7, 11) is 1.98. The van der Waals surface area contributed by atoms with E-state index in [0.29, 0.717) is 0 Å². The van der Waals surface area contributed by atoms with E-state index in [-0.39, 0.29) is 5.91 Å². The van der Waals surface area contributed by atoms with Crippen molar-refractivity contribution >= 4 is 5.91 Å². The molecule has 0 aliphatic carbocycles. The largest absolute Gasteiger partial charge is 0.338 e. The predicted octanol–water partition coefficient (Wildman–Crippen LogP) is 1.02. The van der Waals surface area contributed by atoms with Gasteiger partial charge in [-0.1, -0.05) is 0 Å². The number of rotatable bonds is 0. The Balaban J connectivity index is 2.36. The standard InChI is InChI=1S/C11H17N3O/c1-8-10-7-14(9(2)15)6-4-5-11(10)13(3)12-8/h4-7H2,1-3H3. The van der Waals surface area contributed by atoms with E-state index >= 15 is 0 Å². The van der Waals surface area contributed by atoms with E-state index < -0.39 is 0 Å². The van der Waals surface area contributed by atoms with Crippen LogP contribution in [0.5, 0.6) is 0 Å². The number of carbonyl (C=O) groups is 1. The molecule has 2 rings (SSSR count). The molecule has 1 aliphatic rings. The molecule has 1 aromatic heterocycles. The minimum absolute atomic E-state index is 0.158. The smallest absolute Gasteiger partial charge is 0.219 e. The molecular weight excluding hydrogens is 190 g/mol. The number of amides is 1. The SMILES string of the molecule is CC(=O)N1CCCc2c(c(C)nn2C)C1. The van der Waals surface area contributed by atoms with Crippen molar-refractivity contribution < 1.29 is 4.79 Å². The van der Waals surface area contributed by atoms with Crippen molar-refractivity contribution in [2.45, 2.75) is 33.2 Å². The first-order valence-electron chi connectivity index (χ1n) is 5.36. The highest BCUT2D eigenvalue weighted by atomic mass is 16.2. The van der Waals surface area contributed by atoms with Crippen molar-refractivity contribution in [2.75, 3.05) is 6.54 Å². The van der Waals surface area contributed by atoms with Crippen molar-refractivity contribution in [3.05, 3.63) is 17.0 Å². The van der Waals surface area contributed by atoms with Gasteiger partial charge in [0.2, 0.25) is 5.91 Å². The molecule has 1 aliphatic heterocycles. The molecule has 1 amide bonds. The second-order valence-electron chi connectivity index (χ2n) is 4.18. The second-order valence-corrected chi connectivity index (χ2v) is 4.18. The predicted molar refractivity (Wildman–Crippen MR) is 57.4 cm³/mol. The van der Waals surface area contributed by atoms with Crippen LogP contribution in [0.15, 0.2) is 0 Å². The molecule has 4 heteroatoms. The van der Waals surface area contributed by atoms with Gasteiger partial charge in [-0.2, -0.15) is 5.10 Å². The molecule has 0 aromatic carbocycles. The van der Waals surface area contributed by atoms with Gasteiger partial charge >= 0.3 is 0 Å². The Bertz CT molecular complexity index is 395. The molecule has 0 bridgehead atoms. The molecule has 1 aromatic rings. The topological polar surface area (TPSA) is 38.1 Å². The summed E-state index contributed by atoms with van der Waals surface area (Å²) < 4.78 is 1.95. The molecular formula is C11H17N3O. The van der Waals surface area contributed by atoms with Crippen molar-refractivity contribution in [1.82, 2.24) is 14.7 Å². The maximum absolute atomic E-state index is 11.4. The number of hydrogen-bond donors (Lipinski definition) is 0. The van der Waals surface area contributed by atoms with Gasteiger partial charge < -0.3 is 4.90 Å². The first kappa shape index (κ1) is 10.2. The molecule has 0 radical (unpaired) electrons. The van der Waals surface area contributed by atoms with Crippen molar-refractivity contribution in [3.63, 3.8) is 0 Å². The Morgan fingerprint density at radius 1 is 1.47 bits per heavy atom. The van der Waals surface area contributed by atoms with Crippen LogP contribution in [0.2, 0.25) is 0 Å². The van der Waals surface area contributed by atoms with E-state index in [9.17, 15) is 4.79 Å². The van der Waals surface area contributed by atoms with Crippen LogP contribution in [-0.2, 0) is 24.8 Å². The molecule has 0 saturated heterocycles. The molecule has 0 unspecified atom stereocenters. The van der Waals surface area contributed by atoms with Gasteiger partial charge in [0.05, 0.1) is 5.69 Å². The first-order valence-corrected chi connectivity index (χ1v) is 5.36. The van der Waals surface area contributed by atoms with E-state index in [1.807, 2.05) is 23.6 Å². The monoisotopic (exact) mass is 207 g/mol. The maximum atomic E-state index is 11.4. The highest BCUT2D eigenvalue weighted by Crippen LogP contribution is 2.21. The molecule has 15 heavy (non-hydrogen) atoms. The van der Waals surface area contributed by atoms with Gasteiger partial charge in [0, 0.05) is 38.3 Å². The third-order valence-corrected chi connectivity index (χ3v) is 3.11. The number of aryl methyl sites for hydroxylation is 2. The van der Waals surface area contributed by atoms with Gasteiger partial charge in [-0.3, -0.25) is 9.48 Å². The zero-order chi connectivity index (χ0) is 11.0. The third kappa shape index (κ3) is 1.76. The van der Waals surface area contributed by atoms with Crippen LogP contribution < -0.4 is 0 Å². The highest BCUT2D eigenvalue weighted by Gasteiger charge is 2.21. The zero-order valence-corrected chi connectivity index (χ0v) is 9.58. The average molecular weight is 207 g/mol. The minimum Gasteiger partial charge on any atom is -0.338 e.